The molecular formula is C19H23N3O3. The predicted molar refractivity (Wildman–Crippen MR) is 91.1 cm³/mol. The number of ether oxygens (including phenoxy) is 2. The first-order chi connectivity index (χ1) is 12.3. The largest absolute Gasteiger partial charge is 0.379 e. The molecule has 1 aromatic heterocycles. The van der Waals surface area contributed by atoms with E-state index in [4.69, 9.17) is 14.0 Å². The van der Waals surface area contributed by atoms with Gasteiger partial charge in [-0.2, -0.15) is 4.98 Å². The molecule has 6 heteroatoms. The first kappa shape index (κ1) is 15.5. The molecule has 3 aliphatic rings. The van der Waals surface area contributed by atoms with Crippen LogP contribution in [0.5, 0.6) is 0 Å². The average molecular weight is 341 g/mol. The third-order valence-corrected chi connectivity index (χ3v) is 5.56. The van der Waals surface area contributed by atoms with Gasteiger partial charge in [-0.3, -0.25) is 4.90 Å². The van der Waals surface area contributed by atoms with Crippen molar-refractivity contribution in [2.24, 2.45) is 0 Å². The Morgan fingerprint density at radius 2 is 2.08 bits per heavy atom. The molecule has 0 aliphatic carbocycles. The molecule has 0 saturated carbocycles. The number of fused-ring (bicyclic) bond motifs is 2. The van der Waals surface area contributed by atoms with Crippen molar-refractivity contribution < 1.29 is 14.0 Å². The molecule has 1 aromatic carbocycles. The summed E-state index contributed by atoms with van der Waals surface area (Å²) in [6.45, 7) is 4.54. The van der Waals surface area contributed by atoms with Crippen LogP contribution in [0.3, 0.4) is 0 Å². The lowest BCUT2D eigenvalue weighted by molar-refractivity contribution is 0.0342. The summed E-state index contributed by atoms with van der Waals surface area (Å²) in [6, 6.07) is 8.45. The second-order valence-electron chi connectivity index (χ2n) is 7.26. The molecule has 0 N–H and O–H groups in total. The van der Waals surface area contributed by atoms with Crippen LogP contribution in [0.25, 0.3) is 11.4 Å². The van der Waals surface area contributed by atoms with Gasteiger partial charge in [0.15, 0.2) is 0 Å². The fourth-order valence-corrected chi connectivity index (χ4v) is 4.23. The minimum atomic E-state index is 0.269. The highest BCUT2D eigenvalue weighted by atomic mass is 16.5. The molecule has 6 nitrogen and oxygen atoms in total. The minimum Gasteiger partial charge on any atom is -0.379 e. The van der Waals surface area contributed by atoms with Gasteiger partial charge in [-0.15, -0.1) is 0 Å². The van der Waals surface area contributed by atoms with E-state index in [0.717, 1.165) is 57.1 Å². The van der Waals surface area contributed by atoms with Gasteiger partial charge in [-0.25, -0.2) is 0 Å². The highest BCUT2D eigenvalue weighted by molar-refractivity contribution is 5.55. The van der Waals surface area contributed by atoms with Gasteiger partial charge in [0.1, 0.15) is 0 Å². The molecule has 3 aliphatic heterocycles. The number of hydrogen-bond acceptors (Lipinski definition) is 6. The van der Waals surface area contributed by atoms with Crippen molar-refractivity contribution in [3.05, 3.63) is 35.7 Å². The van der Waals surface area contributed by atoms with Gasteiger partial charge in [0.2, 0.25) is 11.7 Å². The highest BCUT2D eigenvalue weighted by Gasteiger charge is 2.44. The summed E-state index contributed by atoms with van der Waals surface area (Å²) in [5.74, 6) is 1.69. The fourth-order valence-electron chi connectivity index (χ4n) is 4.23. The quantitative estimate of drug-likeness (QED) is 0.852. The van der Waals surface area contributed by atoms with Crippen LogP contribution in [0.4, 0.5) is 0 Å². The van der Waals surface area contributed by atoms with Crippen LogP contribution in [0, 0.1) is 0 Å². The third kappa shape index (κ3) is 3.10. The molecule has 4 heterocycles. The van der Waals surface area contributed by atoms with E-state index in [-0.39, 0.29) is 12.0 Å². The number of aromatic nitrogens is 2. The van der Waals surface area contributed by atoms with Crippen LogP contribution in [0.2, 0.25) is 0 Å². The second kappa shape index (κ2) is 6.52. The molecule has 3 fully saturated rings. The zero-order chi connectivity index (χ0) is 16.6. The lowest BCUT2D eigenvalue weighted by Crippen LogP contribution is -2.35. The van der Waals surface area contributed by atoms with Crippen molar-refractivity contribution in [2.45, 2.75) is 43.9 Å². The third-order valence-electron chi connectivity index (χ3n) is 5.56. The van der Waals surface area contributed by atoms with Gasteiger partial charge in [-0.05, 0) is 30.9 Å². The number of benzene rings is 1. The van der Waals surface area contributed by atoms with E-state index in [9.17, 15) is 0 Å². The van der Waals surface area contributed by atoms with E-state index in [1.807, 2.05) is 0 Å². The molecule has 0 radical (unpaired) electrons. The van der Waals surface area contributed by atoms with Crippen molar-refractivity contribution >= 4 is 0 Å². The molecular weight excluding hydrogens is 318 g/mol. The summed E-state index contributed by atoms with van der Waals surface area (Å²) >= 11 is 0. The molecule has 5 rings (SSSR count). The maximum absolute atomic E-state index is 5.91. The molecule has 0 amide bonds. The zero-order valence-corrected chi connectivity index (χ0v) is 14.3. The molecule has 2 bridgehead atoms. The smallest absolute Gasteiger partial charge is 0.232 e. The molecule has 3 saturated heterocycles. The first-order valence-electron chi connectivity index (χ1n) is 9.23. The Kier molecular flexibility index (Phi) is 4.04. The lowest BCUT2D eigenvalue weighted by atomic mass is 9.89. The van der Waals surface area contributed by atoms with Gasteiger partial charge in [-0.1, -0.05) is 23.4 Å². The first-order valence-corrected chi connectivity index (χ1v) is 9.23. The van der Waals surface area contributed by atoms with Crippen molar-refractivity contribution in [3.63, 3.8) is 0 Å². The number of morpholine rings is 1. The van der Waals surface area contributed by atoms with Crippen molar-refractivity contribution in [3.8, 4) is 11.4 Å². The maximum atomic E-state index is 5.91. The highest BCUT2D eigenvalue weighted by Crippen LogP contribution is 2.44. The van der Waals surface area contributed by atoms with Gasteiger partial charge < -0.3 is 14.0 Å². The number of rotatable bonds is 4. The van der Waals surface area contributed by atoms with Crippen LogP contribution in [0.1, 0.15) is 36.6 Å². The summed E-state index contributed by atoms with van der Waals surface area (Å²) in [5.41, 5.74) is 2.29. The fraction of sp³-hybridized carbons (Fsp3) is 0.579. The van der Waals surface area contributed by atoms with Crippen LogP contribution in [-0.4, -0.2) is 53.6 Å². The van der Waals surface area contributed by atoms with E-state index in [2.05, 4.69) is 39.3 Å². The predicted octanol–water partition coefficient (Wildman–Crippen LogP) is 2.60. The average Bonchev–Trinajstić information content (AvgIpc) is 3.39. The Morgan fingerprint density at radius 1 is 1.16 bits per heavy atom. The lowest BCUT2D eigenvalue weighted by Gasteiger charge is -2.26. The molecule has 3 atom stereocenters. The van der Waals surface area contributed by atoms with Crippen molar-refractivity contribution in [1.29, 1.82) is 0 Å². The Hall–Kier alpha value is -1.76. The zero-order valence-electron chi connectivity index (χ0n) is 14.3. The van der Waals surface area contributed by atoms with Crippen LogP contribution >= 0.6 is 0 Å². The maximum Gasteiger partial charge on any atom is 0.232 e. The van der Waals surface area contributed by atoms with E-state index in [0.29, 0.717) is 11.9 Å². The van der Waals surface area contributed by atoms with Gasteiger partial charge in [0.25, 0.3) is 0 Å². The Balaban J connectivity index is 1.32. The molecule has 25 heavy (non-hydrogen) atoms. The van der Waals surface area contributed by atoms with Crippen LogP contribution < -0.4 is 0 Å². The van der Waals surface area contributed by atoms with E-state index >= 15 is 0 Å². The van der Waals surface area contributed by atoms with E-state index < -0.39 is 0 Å². The Labute approximate surface area is 147 Å². The van der Waals surface area contributed by atoms with Gasteiger partial charge >= 0.3 is 0 Å². The molecule has 2 aromatic rings. The number of nitrogens with zero attached hydrogens (tertiary/aromatic N) is 3. The second-order valence-corrected chi connectivity index (χ2v) is 7.26. The summed E-state index contributed by atoms with van der Waals surface area (Å²) in [5, 5.41) is 4.23. The normalized spacial score (nSPS) is 29.4. The molecule has 132 valence electrons. The molecule has 0 spiro atoms. The Morgan fingerprint density at radius 3 is 2.88 bits per heavy atom. The monoisotopic (exact) mass is 341 g/mol. The Bertz CT molecular complexity index is 741. The van der Waals surface area contributed by atoms with Crippen LogP contribution in [0.15, 0.2) is 28.8 Å². The minimum absolute atomic E-state index is 0.269. The van der Waals surface area contributed by atoms with E-state index in [1.165, 1.54) is 12.0 Å². The SMILES string of the molecule is c1cc(CN2CCOCC2)cc(-c2noc([C@@H]3C[C@@H]4CC[C@@H]3O4)n2)c1. The summed E-state index contributed by atoms with van der Waals surface area (Å²) in [4.78, 5) is 7.09. The van der Waals surface area contributed by atoms with Crippen LogP contribution in [-0.2, 0) is 16.0 Å². The molecule has 0 unspecified atom stereocenters. The van der Waals surface area contributed by atoms with Gasteiger partial charge in [0.05, 0.1) is 31.3 Å². The number of hydrogen-bond donors (Lipinski definition) is 0. The standard InChI is InChI=1S/C19H23N3O3/c1-2-13(12-22-6-8-23-9-7-22)10-14(3-1)18-20-19(25-21-18)16-11-15-4-5-17(16)24-15/h1-3,10,15-17H,4-9,11-12H2/t15-,16+,17-/m0/s1. The van der Waals surface area contributed by atoms with Crippen molar-refractivity contribution in [2.75, 3.05) is 26.3 Å². The summed E-state index contributed by atoms with van der Waals surface area (Å²) in [6.07, 6.45) is 3.96. The topological polar surface area (TPSA) is 60.6 Å². The summed E-state index contributed by atoms with van der Waals surface area (Å²) in [7, 11) is 0. The van der Waals surface area contributed by atoms with Crippen molar-refractivity contribution in [1.82, 2.24) is 15.0 Å². The van der Waals surface area contributed by atoms with E-state index in [1.54, 1.807) is 0 Å². The van der Waals surface area contributed by atoms with Gasteiger partial charge in [0, 0.05) is 25.2 Å². The summed E-state index contributed by atoms with van der Waals surface area (Å²) < 4.78 is 16.9.